The fourth-order valence-corrected chi connectivity index (χ4v) is 3.49. The van der Waals surface area contributed by atoms with Crippen LogP contribution >= 0.6 is 0 Å². The van der Waals surface area contributed by atoms with Crippen molar-refractivity contribution in [3.05, 3.63) is 59.7 Å². The van der Waals surface area contributed by atoms with Gasteiger partial charge in [-0.15, -0.1) is 0 Å². The van der Waals surface area contributed by atoms with Crippen LogP contribution in [0.25, 0.3) is 5.69 Å². The van der Waals surface area contributed by atoms with E-state index in [1.165, 1.54) is 10.7 Å². The van der Waals surface area contributed by atoms with Crippen LogP contribution in [0.2, 0.25) is 0 Å². The highest BCUT2D eigenvalue weighted by molar-refractivity contribution is 6.05. The summed E-state index contributed by atoms with van der Waals surface area (Å²) in [7, 11) is 0. The number of carboxylic acids is 1. The lowest BCUT2D eigenvalue weighted by Gasteiger charge is -2.23. The average molecular weight is 395 g/mol. The molecule has 2 N–H and O–H groups in total. The van der Waals surface area contributed by atoms with Crippen molar-refractivity contribution in [2.45, 2.75) is 25.8 Å². The van der Waals surface area contributed by atoms with Crippen LogP contribution in [0.3, 0.4) is 0 Å². The predicted octanol–water partition coefficient (Wildman–Crippen LogP) is 2.68. The molecule has 0 radical (unpaired) electrons. The van der Waals surface area contributed by atoms with E-state index in [0.717, 1.165) is 18.5 Å². The zero-order chi connectivity index (χ0) is 20.4. The minimum atomic E-state index is -1.11. The second-order valence-electron chi connectivity index (χ2n) is 6.85. The quantitative estimate of drug-likeness (QED) is 0.687. The van der Waals surface area contributed by atoms with Crippen LogP contribution < -0.4 is 5.32 Å². The number of ether oxygens (including phenoxy) is 1. The van der Waals surface area contributed by atoms with E-state index in [0.29, 0.717) is 30.2 Å². The molecule has 0 unspecified atom stereocenters. The first-order chi connectivity index (χ1) is 14.0. The van der Waals surface area contributed by atoms with Gasteiger partial charge in [0.05, 0.1) is 29.2 Å². The maximum atomic E-state index is 12.9. The Labute approximate surface area is 166 Å². The lowest BCUT2D eigenvalue weighted by Crippen LogP contribution is -2.22. The summed E-state index contributed by atoms with van der Waals surface area (Å²) in [5.74, 6) is -1.39. The molecular formula is C20H21N5O4. The zero-order valence-electron chi connectivity index (χ0n) is 15.9. The molecule has 1 aliphatic heterocycles. The maximum Gasteiger partial charge on any atom is 0.356 e. The number of nitrogens with zero attached hydrogens (tertiary/aromatic N) is 4. The van der Waals surface area contributed by atoms with Crippen molar-refractivity contribution in [2.24, 2.45) is 0 Å². The molecule has 3 heterocycles. The van der Waals surface area contributed by atoms with Crippen molar-refractivity contribution < 1.29 is 19.4 Å². The van der Waals surface area contributed by atoms with Crippen LogP contribution in [0.4, 0.5) is 5.69 Å². The molecule has 2 aromatic heterocycles. The standard InChI is InChI=1S/C20H21N5O4/c1-13-15(12-21-25(13)14-7-10-29-11-8-14)19(26)22-16-4-2-3-5-18(16)24-9-6-17(23-24)20(27)28/h2-6,9,12,14H,7-8,10-11H2,1H3,(H,22,26)(H,27,28). The first-order valence-corrected chi connectivity index (χ1v) is 9.36. The van der Waals surface area contributed by atoms with Crippen LogP contribution in [-0.2, 0) is 4.74 Å². The van der Waals surface area contributed by atoms with Gasteiger partial charge in [0.1, 0.15) is 0 Å². The number of anilines is 1. The Morgan fingerprint density at radius 1 is 1.21 bits per heavy atom. The van der Waals surface area contributed by atoms with Crippen LogP contribution in [0.1, 0.15) is 45.4 Å². The Kier molecular flexibility index (Phi) is 5.13. The van der Waals surface area contributed by atoms with Gasteiger partial charge in [-0.3, -0.25) is 9.48 Å². The molecule has 150 valence electrons. The largest absolute Gasteiger partial charge is 0.476 e. The minimum Gasteiger partial charge on any atom is -0.476 e. The highest BCUT2D eigenvalue weighted by Gasteiger charge is 2.22. The van der Waals surface area contributed by atoms with E-state index in [-0.39, 0.29) is 17.6 Å². The number of nitrogens with one attached hydrogen (secondary N) is 1. The minimum absolute atomic E-state index is 0.0697. The molecule has 0 spiro atoms. The molecule has 0 bridgehead atoms. The molecule has 1 aliphatic rings. The monoisotopic (exact) mass is 395 g/mol. The predicted molar refractivity (Wildman–Crippen MR) is 105 cm³/mol. The van der Waals surface area contributed by atoms with E-state index in [1.807, 2.05) is 11.6 Å². The van der Waals surface area contributed by atoms with Crippen LogP contribution in [-0.4, -0.2) is 49.8 Å². The number of rotatable bonds is 5. The number of aromatic nitrogens is 4. The van der Waals surface area contributed by atoms with Gasteiger partial charge >= 0.3 is 5.97 Å². The molecule has 9 nitrogen and oxygen atoms in total. The van der Waals surface area contributed by atoms with Gasteiger partial charge < -0.3 is 15.2 Å². The first-order valence-electron chi connectivity index (χ1n) is 9.36. The molecular weight excluding hydrogens is 374 g/mol. The number of para-hydroxylation sites is 2. The zero-order valence-corrected chi connectivity index (χ0v) is 15.9. The van der Waals surface area contributed by atoms with Crippen molar-refractivity contribution in [3.8, 4) is 5.69 Å². The molecule has 0 aliphatic carbocycles. The van der Waals surface area contributed by atoms with Crippen molar-refractivity contribution in [1.82, 2.24) is 19.6 Å². The Balaban J connectivity index is 1.58. The van der Waals surface area contributed by atoms with Crippen LogP contribution in [0.5, 0.6) is 0 Å². The lowest BCUT2D eigenvalue weighted by atomic mass is 10.1. The Morgan fingerprint density at radius 3 is 2.69 bits per heavy atom. The van der Waals surface area contributed by atoms with Crippen molar-refractivity contribution in [2.75, 3.05) is 18.5 Å². The molecule has 1 saturated heterocycles. The second kappa shape index (κ2) is 7.88. The molecule has 3 aromatic rings. The number of amides is 1. The molecule has 4 rings (SSSR count). The fraction of sp³-hybridized carbons (Fsp3) is 0.300. The Bertz CT molecular complexity index is 1050. The summed E-state index contributed by atoms with van der Waals surface area (Å²) in [5.41, 5.74) is 2.33. The summed E-state index contributed by atoms with van der Waals surface area (Å²) in [6.07, 6.45) is 4.87. The van der Waals surface area contributed by atoms with Gasteiger partial charge in [-0.1, -0.05) is 12.1 Å². The number of hydrogen-bond donors (Lipinski definition) is 2. The molecule has 1 aromatic carbocycles. The van der Waals surface area contributed by atoms with Crippen molar-refractivity contribution in [3.63, 3.8) is 0 Å². The topological polar surface area (TPSA) is 111 Å². The summed E-state index contributed by atoms with van der Waals surface area (Å²) in [6, 6.07) is 8.72. The third-order valence-electron chi connectivity index (χ3n) is 5.03. The number of aromatic carboxylic acids is 1. The molecule has 1 fully saturated rings. The number of carbonyl (C=O) groups is 2. The van der Waals surface area contributed by atoms with E-state index < -0.39 is 5.97 Å². The highest BCUT2D eigenvalue weighted by Crippen LogP contribution is 2.25. The number of benzene rings is 1. The normalized spacial score (nSPS) is 14.7. The van der Waals surface area contributed by atoms with Crippen molar-refractivity contribution >= 4 is 17.6 Å². The fourth-order valence-electron chi connectivity index (χ4n) is 3.49. The maximum absolute atomic E-state index is 12.9. The lowest BCUT2D eigenvalue weighted by molar-refractivity contribution is 0.0656. The number of carboxylic acid groups (broad SMARTS) is 1. The van der Waals surface area contributed by atoms with E-state index >= 15 is 0 Å². The average Bonchev–Trinajstić information content (AvgIpc) is 3.36. The van der Waals surface area contributed by atoms with Gasteiger partial charge in [0, 0.05) is 25.1 Å². The van der Waals surface area contributed by atoms with Gasteiger partial charge in [-0.2, -0.15) is 10.2 Å². The second-order valence-corrected chi connectivity index (χ2v) is 6.85. The SMILES string of the molecule is Cc1c(C(=O)Nc2ccccc2-n2ccc(C(=O)O)n2)cnn1C1CCOCC1. The third kappa shape index (κ3) is 3.77. The third-order valence-corrected chi connectivity index (χ3v) is 5.03. The van der Waals surface area contributed by atoms with Gasteiger partial charge in [0.2, 0.25) is 0 Å². The van der Waals surface area contributed by atoms with Crippen LogP contribution in [0, 0.1) is 6.92 Å². The smallest absolute Gasteiger partial charge is 0.356 e. The van der Waals surface area contributed by atoms with E-state index in [9.17, 15) is 9.59 Å². The van der Waals surface area contributed by atoms with E-state index in [1.54, 1.807) is 36.7 Å². The highest BCUT2D eigenvalue weighted by atomic mass is 16.5. The number of hydrogen-bond acceptors (Lipinski definition) is 5. The Morgan fingerprint density at radius 2 is 1.97 bits per heavy atom. The van der Waals surface area contributed by atoms with E-state index in [2.05, 4.69) is 15.5 Å². The van der Waals surface area contributed by atoms with Crippen LogP contribution in [0.15, 0.2) is 42.7 Å². The Hall–Kier alpha value is -3.46. The van der Waals surface area contributed by atoms with Gasteiger partial charge in [0.15, 0.2) is 5.69 Å². The summed E-state index contributed by atoms with van der Waals surface area (Å²) in [6.45, 7) is 3.28. The summed E-state index contributed by atoms with van der Waals surface area (Å²) < 4.78 is 8.73. The molecule has 0 atom stereocenters. The molecule has 9 heteroatoms. The first kappa shape index (κ1) is 18.9. The molecule has 29 heavy (non-hydrogen) atoms. The summed E-state index contributed by atoms with van der Waals surface area (Å²) >= 11 is 0. The molecule has 0 saturated carbocycles. The number of carbonyl (C=O) groups excluding carboxylic acids is 1. The molecule has 1 amide bonds. The summed E-state index contributed by atoms with van der Waals surface area (Å²) in [4.78, 5) is 24.0. The van der Waals surface area contributed by atoms with E-state index in [4.69, 9.17) is 9.84 Å². The van der Waals surface area contributed by atoms with Gasteiger partial charge in [0.25, 0.3) is 5.91 Å². The van der Waals surface area contributed by atoms with Gasteiger partial charge in [-0.05, 0) is 38.0 Å². The van der Waals surface area contributed by atoms with Crippen molar-refractivity contribution in [1.29, 1.82) is 0 Å². The van der Waals surface area contributed by atoms with Gasteiger partial charge in [-0.25, -0.2) is 9.48 Å². The summed E-state index contributed by atoms with van der Waals surface area (Å²) in [5, 5.41) is 20.4.